The zero-order valence-corrected chi connectivity index (χ0v) is 13.9. The van der Waals surface area contributed by atoms with Crippen molar-refractivity contribution < 1.29 is 14.3 Å². The molecule has 0 bridgehead atoms. The summed E-state index contributed by atoms with van der Waals surface area (Å²) in [5, 5.41) is 14.7. The molecule has 3 N–H and O–H groups in total. The summed E-state index contributed by atoms with van der Waals surface area (Å²) in [5.41, 5.74) is 6.86. The molecule has 3 aromatic rings. The molecule has 9 nitrogen and oxygen atoms in total. The molecule has 0 aliphatic heterocycles. The molecule has 26 heavy (non-hydrogen) atoms. The summed E-state index contributed by atoms with van der Waals surface area (Å²) in [4.78, 5) is 24.4. The minimum absolute atomic E-state index is 0.0937. The number of benzene rings is 2. The zero-order valence-electron chi connectivity index (χ0n) is 13.9. The Morgan fingerprint density at radius 1 is 1.19 bits per heavy atom. The van der Waals surface area contributed by atoms with Gasteiger partial charge in [-0.25, -0.2) is 0 Å². The van der Waals surface area contributed by atoms with Gasteiger partial charge in [0.15, 0.2) is 0 Å². The van der Waals surface area contributed by atoms with Gasteiger partial charge in [-0.15, -0.1) is 10.2 Å². The quantitative estimate of drug-likeness (QED) is 0.684. The number of carbonyl (C=O) groups excluding carboxylic acids is 2. The van der Waals surface area contributed by atoms with Crippen molar-refractivity contribution in [3.05, 3.63) is 54.1 Å². The first-order chi connectivity index (χ1) is 12.5. The van der Waals surface area contributed by atoms with Crippen molar-refractivity contribution in [3.63, 3.8) is 0 Å². The van der Waals surface area contributed by atoms with Crippen molar-refractivity contribution in [1.82, 2.24) is 20.2 Å². The van der Waals surface area contributed by atoms with E-state index in [0.29, 0.717) is 28.4 Å². The van der Waals surface area contributed by atoms with Crippen molar-refractivity contribution in [2.75, 3.05) is 12.4 Å². The van der Waals surface area contributed by atoms with Crippen LogP contribution < -0.4 is 15.8 Å². The number of primary amides is 1. The van der Waals surface area contributed by atoms with Crippen LogP contribution in [0, 0.1) is 0 Å². The van der Waals surface area contributed by atoms with E-state index < -0.39 is 5.91 Å². The van der Waals surface area contributed by atoms with Gasteiger partial charge in [0.25, 0.3) is 0 Å². The van der Waals surface area contributed by atoms with Gasteiger partial charge in [0.1, 0.15) is 12.3 Å². The van der Waals surface area contributed by atoms with E-state index in [1.807, 2.05) is 0 Å². The van der Waals surface area contributed by atoms with Gasteiger partial charge in [-0.2, -0.15) is 4.80 Å². The maximum absolute atomic E-state index is 12.1. The number of nitrogens with one attached hydrogen (secondary N) is 1. The van der Waals surface area contributed by atoms with Gasteiger partial charge in [0.05, 0.1) is 7.11 Å². The molecule has 1 aromatic heterocycles. The molecule has 9 heteroatoms. The summed E-state index contributed by atoms with van der Waals surface area (Å²) in [7, 11) is 1.55. The van der Waals surface area contributed by atoms with Gasteiger partial charge >= 0.3 is 0 Å². The maximum Gasteiger partial charge on any atom is 0.248 e. The lowest BCUT2D eigenvalue weighted by atomic mass is 10.1. The highest BCUT2D eigenvalue weighted by Gasteiger charge is 2.10. The molecule has 2 amide bonds. The number of nitrogens with two attached hydrogens (primary N) is 1. The Labute approximate surface area is 148 Å². The molecular weight excluding hydrogens is 336 g/mol. The second-order valence-electron chi connectivity index (χ2n) is 5.37. The number of hydrogen-bond acceptors (Lipinski definition) is 6. The topological polar surface area (TPSA) is 125 Å². The fraction of sp³-hybridized carbons (Fsp3) is 0.118. The fourth-order valence-electron chi connectivity index (χ4n) is 2.24. The monoisotopic (exact) mass is 352 g/mol. The molecule has 0 spiro atoms. The van der Waals surface area contributed by atoms with Crippen LogP contribution in [0.15, 0.2) is 48.5 Å². The molecule has 0 radical (unpaired) electrons. The van der Waals surface area contributed by atoms with E-state index in [1.54, 1.807) is 55.6 Å². The molecule has 0 unspecified atom stereocenters. The first kappa shape index (κ1) is 17.1. The second-order valence-corrected chi connectivity index (χ2v) is 5.37. The van der Waals surface area contributed by atoms with Gasteiger partial charge in [-0.3, -0.25) is 9.59 Å². The van der Waals surface area contributed by atoms with E-state index in [9.17, 15) is 9.59 Å². The number of methoxy groups -OCH3 is 1. The van der Waals surface area contributed by atoms with E-state index >= 15 is 0 Å². The van der Waals surface area contributed by atoms with Crippen molar-refractivity contribution in [2.24, 2.45) is 5.73 Å². The van der Waals surface area contributed by atoms with E-state index in [4.69, 9.17) is 10.5 Å². The van der Waals surface area contributed by atoms with E-state index in [2.05, 4.69) is 20.7 Å². The average Bonchev–Trinajstić information content (AvgIpc) is 3.10. The Hall–Kier alpha value is -3.75. The number of anilines is 1. The summed E-state index contributed by atoms with van der Waals surface area (Å²) < 4.78 is 5.11. The number of tetrazole rings is 1. The molecule has 132 valence electrons. The molecule has 0 atom stereocenters. The first-order valence-electron chi connectivity index (χ1n) is 7.67. The summed E-state index contributed by atoms with van der Waals surface area (Å²) in [6.45, 7) is -0.0937. The Bertz CT molecular complexity index is 936. The smallest absolute Gasteiger partial charge is 0.248 e. The van der Waals surface area contributed by atoms with Gasteiger partial charge in [0.2, 0.25) is 17.6 Å². The normalized spacial score (nSPS) is 10.3. The van der Waals surface area contributed by atoms with Crippen LogP contribution in [0.4, 0.5) is 5.69 Å². The van der Waals surface area contributed by atoms with E-state index in [-0.39, 0.29) is 12.5 Å². The average molecular weight is 352 g/mol. The number of nitrogens with zero attached hydrogens (tertiary/aromatic N) is 4. The van der Waals surface area contributed by atoms with Crippen LogP contribution in [0.3, 0.4) is 0 Å². The summed E-state index contributed by atoms with van der Waals surface area (Å²) >= 11 is 0. The number of amides is 2. The molecule has 0 aliphatic rings. The third-order valence-corrected chi connectivity index (χ3v) is 3.52. The second kappa shape index (κ2) is 7.43. The van der Waals surface area contributed by atoms with Crippen molar-refractivity contribution in [3.8, 4) is 17.1 Å². The van der Waals surface area contributed by atoms with Crippen LogP contribution in [-0.4, -0.2) is 39.1 Å². The molecule has 0 aliphatic carbocycles. The predicted octanol–water partition coefficient (Wildman–Crippen LogP) is 1.09. The van der Waals surface area contributed by atoms with Crippen molar-refractivity contribution in [1.29, 1.82) is 0 Å². The highest BCUT2D eigenvalue weighted by atomic mass is 16.5. The Balaban J connectivity index is 1.65. The highest BCUT2D eigenvalue weighted by molar-refractivity contribution is 5.93. The first-order valence-corrected chi connectivity index (χ1v) is 7.67. The molecule has 3 rings (SSSR count). The minimum Gasteiger partial charge on any atom is -0.497 e. The number of ether oxygens (including phenoxy) is 1. The molecular formula is C17H16N6O3. The van der Waals surface area contributed by atoms with Gasteiger partial charge in [-0.1, -0.05) is 18.2 Å². The largest absolute Gasteiger partial charge is 0.497 e. The summed E-state index contributed by atoms with van der Waals surface area (Å²) in [6, 6.07) is 13.5. The number of rotatable bonds is 6. The third kappa shape index (κ3) is 4.01. The molecule has 0 saturated carbocycles. The standard InChI is InChI=1S/C17H16N6O3/c1-26-14-4-2-3-13(9-14)19-15(24)10-23-21-17(20-22-23)12-7-5-11(6-8-12)16(18)25/h2-9H,10H2,1H3,(H2,18,25)(H,19,24). The Morgan fingerprint density at radius 2 is 1.96 bits per heavy atom. The lowest BCUT2D eigenvalue weighted by Gasteiger charge is -2.06. The van der Waals surface area contributed by atoms with Crippen LogP contribution in [0.2, 0.25) is 0 Å². The Kier molecular flexibility index (Phi) is 4.88. The lowest BCUT2D eigenvalue weighted by molar-refractivity contribution is -0.117. The van der Waals surface area contributed by atoms with Crippen LogP contribution in [0.1, 0.15) is 10.4 Å². The van der Waals surface area contributed by atoms with Crippen LogP contribution in [0.25, 0.3) is 11.4 Å². The molecule has 2 aromatic carbocycles. The van der Waals surface area contributed by atoms with Crippen LogP contribution >= 0.6 is 0 Å². The molecule has 0 fully saturated rings. The highest BCUT2D eigenvalue weighted by Crippen LogP contribution is 2.17. The number of aromatic nitrogens is 4. The van der Waals surface area contributed by atoms with Gasteiger partial charge < -0.3 is 15.8 Å². The third-order valence-electron chi connectivity index (χ3n) is 3.52. The number of hydrogen-bond donors (Lipinski definition) is 2. The van der Waals surface area contributed by atoms with Gasteiger partial charge in [-0.05, 0) is 29.5 Å². The van der Waals surface area contributed by atoms with E-state index in [1.165, 1.54) is 4.80 Å². The zero-order chi connectivity index (χ0) is 18.5. The Morgan fingerprint density at radius 3 is 2.65 bits per heavy atom. The van der Waals surface area contributed by atoms with Crippen LogP contribution in [-0.2, 0) is 11.3 Å². The lowest BCUT2D eigenvalue weighted by Crippen LogP contribution is -2.20. The van der Waals surface area contributed by atoms with Crippen molar-refractivity contribution >= 4 is 17.5 Å². The molecule has 1 heterocycles. The van der Waals surface area contributed by atoms with Crippen molar-refractivity contribution in [2.45, 2.75) is 6.54 Å². The maximum atomic E-state index is 12.1. The molecule has 0 saturated heterocycles. The van der Waals surface area contributed by atoms with E-state index in [0.717, 1.165) is 0 Å². The predicted molar refractivity (Wildman–Crippen MR) is 93.4 cm³/mol. The minimum atomic E-state index is -0.512. The number of carbonyl (C=O) groups is 2. The summed E-state index contributed by atoms with van der Waals surface area (Å²) in [5.74, 6) is 0.173. The fourth-order valence-corrected chi connectivity index (χ4v) is 2.24. The van der Waals surface area contributed by atoms with Gasteiger partial charge in [0, 0.05) is 22.9 Å². The summed E-state index contributed by atoms with van der Waals surface area (Å²) in [6.07, 6.45) is 0. The van der Waals surface area contributed by atoms with Crippen LogP contribution in [0.5, 0.6) is 5.75 Å². The SMILES string of the molecule is COc1cccc(NC(=O)Cn2nnc(-c3ccc(C(N)=O)cc3)n2)c1.